The van der Waals surface area contributed by atoms with E-state index < -0.39 is 3.98 Å². The summed E-state index contributed by atoms with van der Waals surface area (Å²) in [6, 6.07) is 6.56. The van der Waals surface area contributed by atoms with Crippen LogP contribution in [0, 0.1) is 0 Å². The monoisotopic (exact) mass is 225 g/mol. The van der Waals surface area contributed by atoms with Crippen LogP contribution in [0.1, 0.15) is 0 Å². The fourth-order valence-electron chi connectivity index (χ4n) is 0.669. The van der Waals surface area contributed by atoms with Gasteiger partial charge in [0.05, 0.1) is 0 Å². The molecule has 0 fully saturated rings. The number of halogens is 3. The minimum atomic E-state index is -1.73. The van der Waals surface area contributed by atoms with Crippen LogP contribution in [-0.4, -0.2) is 3.98 Å². The van der Waals surface area contributed by atoms with Crippen molar-refractivity contribution in [2.75, 3.05) is 5.73 Å². The first-order valence-corrected chi connectivity index (χ1v) is 4.22. The summed E-state index contributed by atoms with van der Waals surface area (Å²) in [5.41, 5.74) is 6.07. The van der Waals surface area contributed by atoms with E-state index in [0.29, 0.717) is 11.4 Å². The van der Waals surface area contributed by atoms with Crippen molar-refractivity contribution in [3.05, 3.63) is 24.3 Å². The SMILES string of the molecule is Nc1ccc(OC(Cl)(Cl)Cl)cc1. The molecule has 1 rings (SSSR count). The minimum absolute atomic E-state index is 0.462. The number of hydrogen-bond donors (Lipinski definition) is 1. The highest BCUT2D eigenvalue weighted by Gasteiger charge is 2.21. The molecule has 0 amide bonds. The average Bonchev–Trinajstić information content (AvgIpc) is 1.91. The van der Waals surface area contributed by atoms with Crippen molar-refractivity contribution in [3.63, 3.8) is 0 Å². The molecule has 0 aliphatic carbocycles. The van der Waals surface area contributed by atoms with Gasteiger partial charge >= 0.3 is 3.98 Å². The van der Waals surface area contributed by atoms with E-state index in [4.69, 9.17) is 45.3 Å². The molecule has 0 aliphatic rings. The first-order valence-electron chi connectivity index (χ1n) is 3.09. The van der Waals surface area contributed by atoms with Crippen molar-refractivity contribution in [1.82, 2.24) is 0 Å². The molecule has 0 atom stereocenters. The Morgan fingerprint density at radius 1 is 1.08 bits per heavy atom. The topological polar surface area (TPSA) is 35.2 Å². The third kappa shape index (κ3) is 3.39. The lowest BCUT2D eigenvalue weighted by Crippen LogP contribution is -2.12. The van der Waals surface area contributed by atoms with Gasteiger partial charge in [-0.15, -0.1) is 0 Å². The van der Waals surface area contributed by atoms with Crippen molar-refractivity contribution in [2.24, 2.45) is 0 Å². The highest BCUT2D eigenvalue weighted by atomic mass is 35.6. The highest BCUT2D eigenvalue weighted by Crippen LogP contribution is 2.30. The van der Waals surface area contributed by atoms with Crippen LogP contribution in [0.25, 0.3) is 0 Å². The number of rotatable bonds is 1. The standard InChI is InChI=1S/C7H6Cl3NO/c8-7(9,10)12-6-3-1-5(11)2-4-6/h1-4H,11H2. The minimum Gasteiger partial charge on any atom is -0.446 e. The summed E-state index contributed by atoms with van der Waals surface area (Å²) < 4.78 is 3.17. The van der Waals surface area contributed by atoms with E-state index in [9.17, 15) is 0 Å². The maximum Gasteiger partial charge on any atom is 0.338 e. The van der Waals surface area contributed by atoms with Gasteiger partial charge in [-0.3, -0.25) is 0 Å². The van der Waals surface area contributed by atoms with Crippen LogP contribution in [0.15, 0.2) is 24.3 Å². The molecule has 0 unspecified atom stereocenters. The molecule has 0 bridgehead atoms. The lowest BCUT2D eigenvalue weighted by atomic mass is 10.3. The van der Waals surface area contributed by atoms with E-state index in [2.05, 4.69) is 0 Å². The largest absolute Gasteiger partial charge is 0.446 e. The van der Waals surface area contributed by atoms with Crippen LogP contribution in [0.4, 0.5) is 5.69 Å². The molecule has 66 valence electrons. The van der Waals surface area contributed by atoms with E-state index in [1.165, 1.54) is 0 Å². The molecule has 0 radical (unpaired) electrons. The van der Waals surface area contributed by atoms with Crippen LogP contribution < -0.4 is 10.5 Å². The van der Waals surface area contributed by atoms with E-state index in [0.717, 1.165) is 0 Å². The summed E-state index contributed by atoms with van der Waals surface area (Å²) in [6.45, 7) is 0. The fraction of sp³-hybridized carbons (Fsp3) is 0.143. The number of anilines is 1. The Labute approximate surface area is 85.2 Å². The first-order chi connectivity index (χ1) is 5.47. The molecule has 0 saturated carbocycles. The Balaban J connectivity index is 2.71. The molecule has 12 heavy (non-hydrogen) atoms. The van der Waals surface area contributed by atoms with Gasteiger partial charge in [-0.05, 0) is 59.1 Å². The smallest absolute Gasteiger partial charge is 0.338 e. The maximum atomic E-state index is 5.44. The van der Waals surface area contributed by atoms with Gasteiger partial charge in [-0.25, -0.2) is 0 Å². The van der Waals surface area contributed by atoms with Crippen molar-refractivity contribution < 1.29 is 4.74 Å². The van der Waals surface area contributed by atoms with Gasteiger partial charge in [0, 0.05) is 5.69 Å². The molecule has 0 aliphatic heterocycles. The summed E-state index contributed by atoms with van der Waals surface area (Å²) in [7, 11) is 0. The quantitative estimate of drug-likeness (QED) is 0.590. The second-order valence-corrected chi connectivity index (χ2v) is 4.29. The van der Waals surface area contributed by atoms with Crippen molar-refractivity contribution in [1.29, 1.82) is 0 Å². The van der Waals surface area contributed by atoms with Crippen LogP contribution in [0.3, 0.4) is 0 Å². The zero-order chi connectivity index (χ0) is 9.19. The Bertz CT molecular complexity index is 254. The molecule has 2 N–H and O–H groups in total. The normalized spacial score (nSPS) is 11.2. The molecular weight excluding hydrogens is 220 g/mol. The molecule has 5 heteroatoms. The van der Waals surface area contributed by atoms with E-state index in [1.807, 2.05) is 0 Å². The zero-order valence-corrected chi connectivity index (χ0v) is 8.20. The molecule has 2 nitrogen and oxygen atoms in total. The number of nitrogen functional groups attached to an aromatic ring is 1. The summed E-state index contributed by atoms with van der Waals surface area (Å²) in [5.74, 6) is 0.462. The molecular formula is C7H6Cl3NO. The van der Waals surface area contributed by atoms with E-state index in [-0.39, 0.29) is 0 Å². The van der Waals surface area contributed by atoms with Crippen LogP contribution >= 0.6 is 34.8 Å². The maximum absolute atomic E-state index is 5.44. The summed E-state index contributed by atoms with van der Waals surface area (Å²) in [4.78, 5) is 0. The third-order valence-corrected chi connectivity index (χ3v) is 1.35. The molecule has 0 spiro atoms. The van der Waals surface area contributed by atoms with E-state index in [1.54, 1.807) is 24.3 Å². The highest BCUT2D eigenvalue weighted by molar-refractivity contribution is 6.66. The summed E-state index contributed by atoms with van der Waals surface area (Å²) >= 11 is 16.2. The number of alkyl halides is 3. The average molecular weight is 226 g/mol. The number of hydrogen-bond acceptors (Lipinski definition) is 2. The Morgan fingerprint density at radius 2 is 1.58 bits per heavy atom. The Kier molecular flexibility index (Phi) is 2.94. The molecule has 1 aromatic rings. The van der Waals surface area contributed by atoms with Gasteiger partial charge < -0.3 is 10.5 Å². The molecule has 0 aromatic heterocycles. The van der Waals surface area contributed by atoms with Crippen LogP contribution in [0.5, 0.6) is 5.75 Å². The summed E-state index contributed by atoms with van der Waals surface area (Å²) in [5, 5.41) is 0. The van der Waals surface area contributed by atoms with Crippen molar-refractivity contribution >= 4 is 40.5 Å². The first kappa shape index (κ1) is 9.78. The van der Waals surface area contributed by atoms with E-state index >= 15 is 0 Å². The van der Waals surface area contributed by atoms with Gasteiger partial charge in [-0.2, -0.15) is 0 Å². The number of nitrogens with two attached hydrogens (primary N) is 1. The lowest BCUT2D eigenvalue weighted by Gasteiger charge is -2.13. The molecule has 1 aromatic carbocycles. The van der Waals surface area contributed by atoms with Gasteiger partial charge in [0.2, 0.25) is 0 Å². The van der Waals surface area contributed by atoms with Gasteiger partial charge in [0.15, 0.2) is 0 Å². The lowest BCUT2D eigenvalue weighted by molar-refractivity contribution is 0.320. The number of ether oxygens (including phenoxy) is 1. The van der Waals surface area contributed by atoms with Crippen molar-refractivity contribution in [2.45, 2.75) is 3.98 Å². The van der Waals surface area contributed by atoms with Crippen LogP contribution in [0.2, 0.25) is 0 Å². The zero-order valence-electron chi connectivity index (χ0n) is 5.93. The molecule has 0 saturated heterocycles. The second kappa shape index (κ2) is 3.60. The third-order valence-electron chi connectivity index (χ3n) is 1.11. The van der Waals surface area contributed by atoms with Crippen molar-refractivity contribution in [3.8, 4) is 5.75 Å². The predicted molar refractivity (Wildman–Crippen MR) is 51.8 cm³/mol. The van der Waals surface area contributed by atoms with Gasteiger partial charge in [0.25, 0.3) is 0 Å². The molecule has 0 heterocycles. The Morgan fingerprint density at radius 3 is 2.00 bits per heavy atom. The fourth-order valence-corrected chi connectivity index (χ4v) is 0.937. The number of benzene rings is 1. The van der Waals surface area contributed by atoms with Gasteiger partial charge in [-0.1, -0.05) is 0 Å². The van der Waals surface area contributed by atoms with Crippen LogP contribution in [-0.2, 0) is 0 Å². The predicted octanol–water partition coefficient (Wildman–Crippen LogP) is 2.98. The Hall–Kier alpha value is -0.310. The van der Waals surface area contributed by atoms with Gasteiger partial charge in [0.1, 0.15) is 5.75 Å². The second-order valence-electron chi connectivity index (χ2n) is 2.12. The summed E-state index contributed by atoms with van der Waals surface area (Å²) in [6.07, 6.45) is 0.